The Kier molecular flexibility index (Phi) is 3.06. The topological polar surface area (TPSA) is 83.0 Å². The standard InChI is InChI=1S/C19H19F2N7O/c1-19(2,3)13-8-15-24-25-17(12-7-11(20)5-6-14(12)21)28(15)26-18(13)29-9-16-22-10-23-27(16)4/h5-8,10H,9H2,1-4H3/i1D3,4D3. The highest BCUT2D eigenvalue weighted by molar-refractivity contribution is 5.60. The largest absolute Gasteiger partial charge is 0.468 e. The minimum atomic E-state index is -2.62. The lowest BCUT2D eigenvalue weighted by Crippen LogP contribution is -2.17. The summed E-state index contributed by atoms with van der Waals surface area (Å²) in [5.74, 6) is -1.91. The van der Waals surface area contributed by atoms with Crippen LogP contribution in [0.4, 0.5) is 8.78 Å². The van der Waals surface area contributed by atoms with E-state index < -0.39 is 37.5 Å². The van der Waals surface area contributed by atoms with Gasteiger partial charge in [0.05, 0.1) is 5.56 Å². The number of fused-ring (bicyclic) bond motifs is 1. The van der Waals surface area contributed by atoms with Gasteiger partial charge in [-0.05, 0) is 29.7 Å². The second-order valence-electron chi connectivity index (χ2n) is 6.78. The monoisotopic (exact) mass is 405 g/mol. The summed E-state index contributed by atoms with van der Waals surface area (Å²) in [6.45, 7) is -2.64. The zero-order chi connectivity index (χ0) is 25.8. The molecule has 0 N–H and O–H groups in total. The van der Waals surface area contributed by atoms with Crippen LogP contribution in [0.1, 0.15) is 40.3 Å². The molecule has 0 spiro atoms. The van der Waals surface area contributed by atoms with Crippen LogP contribution in [0.3, 0.4) is 0 Å². The molecule has 0 aliphatic rings. The predicted octanol–water partition coefficient (Wildman–Crippen LogP) is 3.07. The average Bonchev–Trinajstić information content (AvgIpc) is 3.39. The summed E-state index contributed by atoms with van der Waals surface area (Å²) in [7, 11) is 0. The van der Waals surface area contributed by atoms with Crippen LogP contribution < -0.4 is 4.74 Å². The van der Waals surface area contributed by atoms with Gasteiger partial charge in [0.15, 0.2) is 17.3 Å². The van der Waals surface area contributed by atoms with Crippen LogP contribution >= 0.6 is 0 Å². The molecule has 0 fully saturated rings. The van der Waals surface area contributed by atoms with Crippen molar-refractivity contribution in [3.63, 3.8) is 0 Å². The third-order valence-corrected chi connectivity index (χ3v) is 4.16. The number of hydrogen-bond acceptors (Lipinski definition) is 6. The van der Waals surface area contributed by atoms with E-state index in [1.165, 1.54) is 19.9 Å². The molecule has 4 rings (SSSR count). The van der Waals surface area contributed by atoms with E-state index in [-0.39, 0.29) is 34.3 Å². The van der Waals surface area contributed by atoms with Gasteiger partial charge in [-0.1, -0.05) is 20.7 Å². The minimum Gasteiger partial charge on any atom is -0.468 e. The molecule has 0 atom stereocenters. The van der Waals surface area contributed by atoms with Gasteiger partial charge in [-0.15, -0.1) is 15.3 Å². The van der Waals surface area contributed by atoms with Gasteiger partial charge in [0.2, 0.25) is 5.88 Å². The van der Waals surface area contributed by atoms with Gasteiger partial charge in [-0.2, -0.15) is 9.61 Å². The Morgan fingerprint density at radius 1 is 1.21 bits per heavy atom. The van der Waals surface area contributed by atoms with Gasteiger partial charge in [0.25, 0.3) is 0 Å². The lowest BCUT2D eigenvalue weighted by Gasteiger charge is -2.21. The Balaban J connectivity index is 1.86. The van der Waals surface area contributed by atoms with Crippen LogP contribution in [0.5, 0.6) is 5.88 Å². The highest BCUT2D eigenvalue weighted by atomic mass is 19.1. The summed E-state index contributed by atoms with van der Waals surface area (Å²) in [5.41, 5.74) is -1.54. The average molecular weight is 405 g/mol. The molecule has 3 aromatic heterocycles. The molecule has 0 amide bonds. The molecule has 4 aromatic rings. The molecule has 0 bridgehead atoms. The number of halogens is 2. The van der Waals surface area contributed by atoms with Gasteiger partial charge in [-0.25, -0.2) is 13.8 Å². The molecule has 0 aliphatic heterocycles. The van der Waals surface area contributed by atoms with Gasteiger partial charge < -0.3 is 4.74 Å². The second kappa shape index (κ2) is 6.87. The van der Waals surface area contributed by atoms with E-state index in [2.05, 4.69) is 25.4 Å². The highest BCUT2D eigenvalue weighted by Gasteiger charge is 2.24. The van der Waals surface area contributed by atoms with Crippen molar-refractivity contribution in [3.05, 3.63) is 53.6 Å². The van der Waals surface area contributed by atoms with Crippen molar-refractivity contribution in [2.45, 2.75) is 32.7 Å². The molecule has 0 aliphatic carbocycles. The minimum absolute atomic E-state index is 0.0639. The van der Waals surface area contributed by atoms with Crippen molar-refractivity contribution in [3.8, 4) is 17.3 Å². The Bertz CT molecular complexity index is 1400. The van der Waals surface area contributed by atoms with E-state index in [0.717, 1.165) is 29.0 Å². The maximum absolute atomic E-state index is 14.4. The summed E-state index contributed by atoms with van der Waals surface area (Å²) in [6.07, 6.45) is 1.04. The number of hydrogen-bond donors (Lipinski definition) is 0. The molecular weight excluding hydrogens is 380 g/mol. The molecule has 1 aromatic carbocycles. The van der Waals surface area contributed by atoms with Crippen LogP contribution in [0.2, 0.25) is 0 Å². The molecule has 0 unspecified atom stereocenters. The van der Waals surface area contributed by atoms with E-state index in [1.54, 1.807) is 0 Å². The third-order valence-electron chi connectivity index (χ3n) is 4.16. The molecular formula is C19H19F2N7O. The number of rotatable bonds is 4. The fourth-order valence-electron chi connectivity index (χ4n) is 2.70. The third kappa shape index (κ3) is 3.53. The first-order valence-corrected chi connectivity index (χ1v) is 8.44. The van der Waals surface area contributed by atoms with Crippen molar-refractivity contribution in [2.24, 2.45) is 6.98 Å². The molecule has 3 heterocycles. The lowest BCUT2D eigenvalue weighted by atomic mass is 9.88. The Morgan fingerprint density at radius 2 is 2.07 bits per heavy atom. The molecule has 0 saturated carbocycles. The van der Waals surface area contributed by atoms with E-state index >= 15 is 0 Å². The maximum atomic E-state index is 14.4. The van der Waals surface area contributed by atoms with Gasteiger partial charge >= 0.3 is 0 Å². The zero-order valence-corrected chi connectivity index (χ0v) is 15.4. The Morgan fingerprint density at radius 3 is 2.86 bits per heavy atom. The van der Waals surface area contributed by atoms with Crippen molar-refractivity contribution in [1.82, 2.24) is 34.6 Å². The number of benzene rings is 1. The van der Waals surface area contributed by atoms with E-state index in [9.17, 15) is 8.78 Å². The molecule has 8 nitrogen and oxygen atoms in total. The normalized spacial score (nSPS) is 15.9. The zero-order valence-electron chi connectivity index (χ0n) is 21.4. The van der Waals surface area contributed by atoms with E-state index in [4.69, 9.17) is 13.0 Å². The Hall–Kier alpha value is -3.43. The summed E-state index contributed by atoms with van der Waals surface area (Å²) < 4.78 is 82.3. The van der Waals surface area contributed by atoms with E-state index in [0.29, 0.717) is 4.68 Å². The predicted molar refractivity (Wildman–Crippen MR) is 100 cm³/mol. The molecule has 10 heteroatoms. The second-order valence-corrected chi connectivity index (χ2v) is 6.78. The smallest absolute Gasteiger partial charge is 0.236 e. The summed E-state index contributed by atoms with van der Waals surface area (Å²) in [5, 5.41) is 15.8. The van der Waals surface area contributed by atoms with Crippen LogP contribution in [0.15, 0.2) is 30.6 Å². The van der Waals surface area contributed by atoms with Gasteiger partial charge in [0, 0.05) is 20.8 Å². The van der Waals surface area contributed by atoms with Gasteiger partial charge in [0.1, 0.15) is 24.6 Å². The van der Waals surface area contributed by atoms with Crippen molar-refractivity contribution >= 4 is 5.65 Å². The summed E-state index contributed by atoms with van der Waals surface area (Å²) in [6, 6.07) is 4.17. The molecule has 150 valence electrons. The summed E-state index contributed by atoms with van der Waals surface area (Å²) in [4.78, 5) is 3.88. The first-order chi connectivity index (χ1) is 16.2. The van der Waals surface area contributed by atoms with E-state index in [1.807, 2.05) is 0 Å². The fraction of sp³-hybridized carbons (Fsp3) is 0.316. The number of ether oxygens (including phenoxy) is 1. The SMILES string of the molecule is [2H]C([2H])([2H])n1ncnc1COc1nn2c(-c3cc(F)ccc3F)nnc2cc1C(C)(C)C([2H])([2H])[2H]. The lowest BCUT2D eigenvalue weighted by molar-refractivity contribution is 0.266. The molecule has 0 radical (unpaired) electrons. The van der Waals surface area contributed by atoms with Crippen molar-refractivity contribution < 1.29 is 21.7 Å². The van der Waals surface area contributed by atoms with Crippen LogP contribution in [-0.2, 0) is 19.0 Å². The fourth-order valence-corrected chi connectivity index (χ4v) is 2.70. The van der Waals surface area contributed by atoms with Crippen molar-refractivity contribution in [2.75, 3.05) is 0 Å². The number of nitrogens with zero attached hydrogens (tertiary/aromatic N) is 7. The maximum Gasteiger partial charge on any atom is 0.236 e. The molecule has 0 saturated heterocycles. The van der Waals surface area contributed by atoms with Gasteiger partial charge in [-0.3, -0.25) is 4.68 Å². The first-order valence-electron chi connectivity index (χ1n) is 11.4. The quantitative estimate of drug-likeness (QED) is 0.519. The first kappa shape index (κ1) is 12.9. The summed E-state index contributed by atoms with van der Waals surface area (Å²) >= 11 is 0. The Labute approximate surface area is 173 Å². The molecule has 29 heavy (non-hydrogen) atoms. The van der Waals surface area contributed by atoms with Crippen LogP contribution in [0, 0.1) is 11.6 Å². The van der Waals surface area contributed by atoms with Crippen molar-refractivity contribution in [1.29, 1.82) is 0 Å². The number of aromatic nitrogens is 7. The van der Waals surface area contributed by atoms with Crippen LogP contribution in [0.25, 0.3) is 17.0 Å². The highest BCUT2D eigenvalue weighted by Crippen LogP contribution is 2.32. The van der Waals surface area contributed by atoms with Crippen LogP contribution in [-0.4, -0.2) is 34.6 Å². The number of aryl methyl sites for hydroxylation is 1.